The average Bonchev–Trinajstić information content (AvgIpc) is 2.72. The fourth-order valence-corrected chi connectivity index (χ4v) is 2.11. The molecular weight excluding hydrogens is 200 g/mol. The van der Waals surface area contributed by atoms with Crippen molar-refractivity contribution in [3.8, 4) is 0 Å². The summed E-state index contributed by atoms with van der Waals surface area (Å²) in [4.78, 5) is 4.01. The Labute approximate surface area is 97.2 Å². The van der Waals surface area contributed by atoms with Gasteiger partial charge in [0.2, 0.25) is 0 Å². The minimum Gasteiger partial charge on any atom is -0.378 e. The molecule has 1 aromatic rings. The molecule has 2 heterocycles. The summed E-state index contributed by atoms with van der Waals surface area (Å²) in [6.07, 6.45) is 6.40. The van der Waals surface area contributed by atoms with Gasteiger partial charge in [-0.05, 0) is 49.9 Å². The van der Waals surface area contributed by atoms with Crippen LogP contribution in [-0.4, -0.2) is 30.8 Å². The maximum atomic E-state index is 5.53. The van der Waals surface area contributed by atoms with E-state index in [9.17, 15) is 0 Å². The van der Waals surface area contributed by atoms with Gasteiger partial charge in [0, 0.05) is 25.5 Å². The number of nitrogens with zero attached hydrogens (tertiary/aromatic N) is 1. The third-order valence-electron chi connectivity index (χ3n) is 3.28. The van der Waals surface area contributed by atoms with Crippen LogP contribution in [0.25, 0.3) is 0 Å². The predicted octanol–water partition coefficient (Wildman–Crippen LogP) is 1.64. The van der Waals surface area contributed by atoms with Gasteiger partial charge in [-0.15, -0.1) is 0 Å². The van der Waals surface area contributed by atoms with Crippen LogP contribution < -0.4 is 5.32 Å². The van der Waals surface area contributed by atoms with Gasteiger partial charge in [0.1, 0.15) is 0 Å². The molecule has 3 nitrogen and oxygen atoms in total. The van der Waals surface area contributed by atoms with Crippen LogP contribution >= 0.6 is 0 Å². The number of hydrogen-bond acceptors (Lipinski definition) is 3. The lowest BCUT2D eigenvalue weighted by molar-refractivity contribution is 0.105. The van der Waals surface area contributed by atoms with Crippen LogP contribution in [0.4, 0.5) is 0 Å². The molecular formula is C13H20N2O. The Morgan fingerprint density at radius 3 is 2.94 bits per heavy atom. The van der Waals surface area contributed by atoms with Crippen LogP contribution in [-0.2, 0) is 11.2 Å². The molecule has 1 fully saturated rings. The number of nitrogens with one attached hydrogen (secondary N) is 1. The first-order valence-corrected chi connectivity index (χ1v) is 6.07. The third-order valence-corrected chi connectivity index (χ3v) is 3.28. The topological polar surface area (TPSA) is 34.1 Å². The van der Waals surface area contributed by atoms with Crippen molar-refractivity contribution < 1.29 is 4.74 Å². The van der Waals surface area contributed by atoms with E-state index >= 15 is 0 Å². The summed E-state index contributed by atoms with van der Waals surface area (Å²) >= 11 is 0. The molecule has 1 aliphatic rings. The summed E-state index contributed by atoms with van der Waals surface area (Å²) in [6, 6.07) is 4.14. The Bertz CT molecular complexity index is 302. The lowest BCUT2D eigenvalue weighted by atomic mass is 10.0. The van der Waals surface area contributed by atoms with E-state index in [1.165, 1.54) is 12.0 Å². The van der Waals surface area contributed by atoms with Crippen molar-refractivity contribution in [2.75, 3.05) is 19.7 Å². The minimum absolute atomic E-state index is 0.424. The molecule has 0 aromatic carbocycles. The van der Waals surface area contributed by atoms with E-state index in [0.717, 1.165) is 26.1 Å². The summed E-state index contributed by atoms with van der Waals surface area (Å²) in [6.45, 7) is 5.21. The Kier molecular flexibility index (Phi) is 4.31. The first-order valence-electron chi connectivity index (χ1n) is 6.07. The molecule has 2 atom stereocenters. The highest BCUT2D eigenvalue weighted by molar-refractivity contribution is 5.09. The second kappa shape index (κ2) is 5.97. The van der Waals surface area contributed by atoms with Crippen LogP contribution in [0.2, 0.25) is 0 Å². The van der Waals surface area contributed by atoms with Crippen molar-refractivity contribution in [2.45, 2.75) is 25.9 Å². The van der Waals surface area contributed by atoms with E-state index in [0.29, 0.717) is 12.0 Å². The maximum Gasteiger partial charge on any atom is 0.0588 e. The molecule has 88 valence electrons. The molecule has 0 bridgehead atoms. The highest BCUT2D eigenvalue weighted by atomic mass is 16.5. The van der Waals surface area contributed by atoms with Crippen molar-refractivity contribution >= 4 is 0 Å². The molecule has 0 spiro atoms. The second-order valence-corrected chi connectivity index (χ2v) is 4.43. The normalized spacial score (nSPS) is 24.8. The quantitative estimate of drug-likeness (QED) is 0.766. The number of hydrogen-bond donors (Lipinski definition) is 1. The summed E-state index contributed by atoms with van der Waals surface area (Å²) < 4.78 is 5.53. The summed E-state index contributed by atoms with van der Waals surface area (Å²) in [7, 11) is 0. The van der Waals surface area contributed by atoms with Crippen LogP contribution in [0.1, 0.15) is 18.9 Å². The molecule has 16 heavy (non-hydrogen) atoms. The van der Waals surface area contributed by atoms with Crippen LogP contribution in [0.5, 0.6) is 0 Å². The fraction of sp³-hybridized carbons (Fsp3) is 0.615. The average molecular weight is 220 g/mol. The SMILES string of the molecule is CC1OCCC1CNCCc1ccncc1. The van der Waals surface area contributed by atoms with Gasteiger partial charge < -0.3 is 10.1 Å². The predicted molar refractivity (Wildman–Crippen MR) is 64.3 cm³/mol. The number of ether oxygens (including phenoxy) is 1. The Hall–Kier alpha value is -0.930. The molecule has 3 heteroatoms. The van der Waals surface area contributed by atoms with Gasteiger partial charge in [0.25, 0.3) is 0 Å². The zero-order valence-corrected chi connectivity index (χ0v) is 9.86. The molecule has 1 aliphatic heterocycles. The fourth-order valence-electron chi connectivity index (χ4n) is 2.11. The Balaban J connectivity index is 1.62. The van der Waals surface area contributed by atoms with Crippen LogP contribution in [0.3, 0.4) is 0 Å². The zero-order chi connectivity index (χ0) is 11.2. The van der Waals surface area contributed by atoms with E-state index < -0.39 is 0 Å². The highest BCUT2D eigenvalue weighted by Crippen LogP contribution is 2.19. The largest absolute Gasteiger partial charge is 0.378 e. The lowest BCUT2D eigenvalue weighted by Crippen LogP contribution is -2.28. The molecule has 1 aromatic heterocycles. The van der Waals surface area contributed by atoms with Gasteiger partial charge >= 0.3 is 0 Å². The molecule has 0 radical (unpaired) electrons. The lowest BCUT2D eigenvalue weighted by Gasteiger charge is -2.14. The first-order chi connectivity index (χ1) is 7.86. The summed E-state index contributed by atoms with van der Waals surface area (Å²) in [5.41, 5.74) is 1.35. The van der Waals surface area contributed by atoms with Gasteiger partial charge in [0.05, 0.1) is 6.10 Å². The van der Waals surface area contributed by atoms with Gasteiger partial charge in [0.15, 0.2) is 0 Å². The van der Waals surface area contributed by atoms with E-state index in [2.05, 4.69) is 29.4 Å². The summed E-state index contributed by atoms with van der Waals surface area (Å²) in [5, 5.41) is 3.51. The Morgan fingerprint density at radius 1 is 1.44 bits per heavy atom. The van der Waals surface area contributed by atoms with E-state index in [-0.39, 0.29) is 0 Å². The van der Waals surface area contributed by atoms with Crippen molar-refractivity contribution in [3.63, 3.8) is 0 Å². The van der Waals surface area contributed by atoms with Crippen molar-refractivity contribution in [1.29, 1.82) is 0 Å². The molecule has 0 amide bonds. The number of rotatable bonds is 5. The number of pyridine rings is 1. The number of aromatic nitrogens is 1. The molecule has 1 N–H and O–H groups in total. The minimum atomic E-state index is 0.424. The third kappa shape index (κ3) is 3.29. The molecule has 1 saturated heterocycles. The van der Waals surface area contributed by atoms with E-state index in [1.807, 2.05) is 12.4 Å². The second-order valence-electron chi connectivity index (χ2n) is 4.43. The van der Waals surface area contributed by atoms with Crippen molar-refractivity contribution in [1.82, 2.24) is 10.3 Å². The molecule has 0 saturated carbocycles. The molecule has 2 rings (SSSR count). The van der Waals surface area contributed by atoms with Gasteiger partial charge in [-0.1, -0.05) is 0 Å². The highest BCUT2D eigenvalue weighted by Gasteiger charge is 2.23. The van der Waals surface area contributed by atoms with Crippen LogP contribution in [0, 0.1) is 5.92 Å². The van der Waals surface area contributed by atoms with E-state index in [1.54, 1.807) is 0 Å². The first kappa shape index (κ1) is 11.6. The van der Waals surface area contributed by atoms with Crippen molar-refractivity contribution in [3.05, 3.63) is 30.1 Å². The monoisotopic (exact) mass is 220 g/mol. The zero-order valence-electron chi connectivity index (χ0n) is 9.86. The van der Waals surface area contributed by atoms with Crippen LogP contribution in [0.15, 0.2) is 24.5 Å². The molecule has 0 aliphatic carbocycles. The summed E-state index contributed by atoms with van der Waals surface area (Å²) in [5.74, 6) is 0.692. The van der Waals surface area contributed by atoms with Gasteiger partial charge in [-0.25, -0.2) is 0 Å². The standard InChI is InChI=1S/C13H20N2O/c1-11-13(5-9-16-11)10-15-8-4-12-2-6-14-7-3-12/h2-3,6-7,11,13,15H,4-5,8-10H2,1H3. The molecule has 2 unspecified atom stereocenters. The van der Waals surface area contributed by atoms with Gasteiger partial charge in [-0.2, -0.15) is 0 Å². The van der Waals surface area contributed by atoms with Crippen molar-refractivity contribution in [2.24, 2.45) is 5.92 Å². The smallest absolute Gasteiger partial charge is 0.0588 e. The maximum absolute atomic E-state index is 5.53. The van der Waals surface area contributed by atoms with Gasteiger partial charge in [-0.3, -0.25) is 4.98 Å². The van der Waals surface area contributed by atoms with E-state index in [4.69, 9.17) is 4.74 Å². The Morgan fingerprint density at radius 2 is 2.25 bits per heavy atom.